The first kappa shape index (κ1) is 11.8. The summed E-state index contributed by atoms with van der Waals surface area (Å²) < 4.78 is 10.8. The van der Waals surface area contributed by atoms with Crippen molar-refractivity contribution in [1.29, 1.82) is 0 Å². The van der Waals surface area contributed by atoms with Gasteiger partial charge < -0.3 is 0 Å². The second-order valence-electron chi connectivity index (χ2n) is 8.43. The fraction of sp³-hybridized carbons (Fsp3) is 1.00. The van der Waals surface area contributed by atoms with Crippen LogP contribution in [0.2, 0.25) is 28.4 Å². The zero-order valence-corrected chi connectivity index (χ0v) is 12.7. The average Bonchev–Trinajstić information content (AvgIpc) is 2.31. The van der Waals surface area contributed by atoms with Gasteiger partial charge in [0.05, 0.1) is 0 Å². The van der Waals surface area contributed by atoms with E-state index in [1.54, 1.807) is 86.1 Å². The van der Waals surface area contributed by atoms with E-state index in [2.05, 4.69) is 0 Å². The molecule has 0 nitrogen and oxygen atoms in total. The summed E-state index contributed by atoms with van der Waals surface area (Å²) in [5.41, 5.74) is 0. The van der Waals surface area contributed by atoms with Crippen LogP contribution in [0.4, 0.5) is 0 Å². The van der Waals surface area contributed by atoms with Gasteiger partial charge in [0.15, 0.2) is 0 Å². The number of rotatable bonds is 0. The standard InChI is InChI=1S/3C5H10.Ti/c3*1-3-5-4-2;/h3*1-5H2;. The normalized spacial score (nSPS) is 40.5. The van der Waals surface area contributed by atoms with Gasteiger partial charge >= 0.3 is 100 Å². The molecule has 1 spiro atoms. The first-order valence-electron chi connectivity index (χ1n) is 8.12. The molecule has 3 rings (SSSR count). The Morgan fingerprint density at radius 1 is 0.312 bits per heavy atom. The molecule has 0 bridgehead atoms. The summed E-state index contributed by atoms with van der Waals surface area (Å²) in [4.78, 5) is 0. The van der Waals surface area contributed by atoms with Gasteiger partial charge in [0.1, 0.15) is 0 Å². The molecule has 0 aliphatic carbocycles. The van der Waals surface area contributed by atoms with Crippen LogP contribution in [0.5, 0.6) is 0 Å². The minimum atomic E-state index is -2.41. The van der Waals surface area contributed by atoms with Crippen molar-refractivity contribution in [1.82, 2.24) is 0 Å². The Kier molecular flexibility index (Phi) is 2.66. The molecule has 3 aliphatic heterocycles. The van der Waals surface area contributed by atoms with E-state index in [0.29, 0.717) is 0 Å². The first-order valence-corrected chi connectivity index (χ1v) is 14.7. The molecule has 1 heteroatoms. The quantitative estimate of drug-likeness (QED) is 0.449. The van der Waals surface area contributed by atoms with Crippen molar-refractivity contribution < 1.29 is 14.0 Å². The van der Waals surface area contributed by atoms with Gasteiger partial charge in [-0.15, -0.1) is 0 Å². The van der Waals surface area contributed by atoms with Gasteiger partial charge in [-0.1, -0.05) is 0 Å². The van der Waals surface area contributed by atoms with Gasteiger partial charge in [0.2, 0.25) is 0 Å². The molecule has 0 aromatic carbocycles. The van der Waals surface area contributed by atoms with Crippen LogP contribution in [0.3, 0.4) is 0 Å². The molecule has 0 N–H and O–H groups in total. The average molecular weight is 258 g/mol. The Hall–Kier alpha value is 0.714. The van der Waals surface area contributed by atoms with Crippen molar-refractivity contribution in [3.63, 3.8) is 0 Å². The van der Waals surface area contributed by atoms with Crippen molar-refractivity contribution in [2.75, 3.05) is 0 Å². The molecule has 0 unspecified atom stereocenters. The van der Waals surface area contributed by atoms with E-state index < -0.39 is 14.0 Å². The van der Waals surface area contributed by atoms with Crippen molar-refractivity contribution in [2.24, 2.45) is 0 Å². The Labute approximate surface area is 100.0 Å². The summed E-state index contributed by atoms with van der Waals surface area (Å²) in [6, 6.07) is 0. The zero-order chi connectivity index (χ0) is 11.0. The first-order chi connectivity index (χ1) is 7.73. The molecule has 3 aliphatic rings. The van der Waals surface area contributed by atoms with Crippen molar-refractivity contribution >= 4 is 0 Å². The van der Waals surface area contributed by atoms with Crippen LogP contribution in [0, 0.1) is 0 Å². The van der Waals surface area contributed by atoms with Crippen LogP contribution in [0.15, 0.2) is 0 Å². The van der Waals surface area contributed by atoms with E-state index in [0.717, 1.165) is 0 Å². The summed E-state index contributed by atoms with van der Waals surface area (Å²) in [6.45, 7) is 0. The van der Waals surface area contributed by atoms with E-state index in [1.165, 1.54) is 0 Å². The molecule has 3 heterocycles. The summed E-state index contributed by atoms with van der Waals surface area (Å²) >= 11 is -2.41. The fourth-order valence-electron chi connectivity index (χ4n) is 6.91. The molecule has 3 saturated heterocycles. The molecular weight excluding hydrogens is 228 g/mol. The summed E-state index contributed by atoms with van der Waals surface area (Å²) in [7, 11) is 0. The Bertz CT molecular complexity index is 205. The van der Waals surface area contributed by atoms with Gasteiger partial charge in [0.25, 0.3) is 0 Å². The molecule has 94 valence electrons. The molecule has 0 amide bonds. The maximum atomic E-state index is 1.79. The molecule has 3 fully saturated rings. The van der Waals surface area contributed by atoms with Crippen molar-refractivity contribution in [3.8, 4) is 0 Å². The number of hydrogen-bond donors (Lipinski definition) is 0. The van der Waals surface area contributed by atoms with Crippen molar-refractivity contribution in [3.05, 3.63) is 0 Å². The molecule has 0 saturated carbocycles. The van der Waals surface area contributed by atoms with E-state index in [-0.39, 0.29) is 0 Å². The molecule has 0 aromatic heterocycles. The molecule has 0 aromatic rings. The van der Waals surface area contributed by atoms with Crippen molar-refractivity contribution in [2.45, 2.75) is 86.1 Å². The SMILES string of the molecule is C1C[CH2][Ti]23([CH2]C1)([CH2]CCC[CH2]2)[CH2]CCC[CH2]3. The third-order valence-corrected chi connectivity index (χ3v) is 27.7. The zero-order valence-electron chi connectivity index (χ0n) is 11.1. The minimum absolute atomic E-state index is 1.57. The van der Waals surface area contributed by atoms with Gasteiger partial charge in [-0.25, -0.2) is 0 Å². The fourth-order valence-corrected chi connectivity index (χ4v) is 26.8. The van der Waals surface area contributed by atoms with Crippen LogP contribution in [0.1, 0.15) is 57.8 Å². The Morgan fingerprint density at radius 3 is 0.812 bits per heavy atom. The monoisotopic (exact) mass is 258 g/mol. The van der Waals surface area contributed by atoms with Gasteiger partial charge in [-0.2, -0.15) is 0 Å². The van der Waals surface area contributed by atoms with Gasteiger partial charge in [-0.05, 0) is 0 Å². The van der Waals surface area contributed by atoms with Crippen LogP contribution >= 0.6 is 0 Å². The summed E-state index contributed by atoms with van der Waals surface area (Å²) in [5, 5.41) is 0. The van der Waals surface area contributed by atoms with Gasteiger partial charge in [-0.3, -0.25) is 0 Å². The number of hydrogen-bond acceptors (Lipinski definition) is 0. The van der Waals surface area contributed by atoms with Crippen LogP contribution in [-0.2, 0) is 14.0 Å². The molecular formula is C15H30Ti. The van der Waals surface area contributed by atoms with E-state index in [4.69, 9.17) is 0 Å². The molecule has 16 heavy (non-hydrogen) atoms. The third-order valence-electron chi connectivity index (χ3n) is 7.86. The van der Waals surface area contributed by atoms with E-state index in [1.807, 2.05) is 0 Å². The van der Waals surface area contributed by atoms with Crippen LogP contribution in [0.25, 0.3) is 0 Å². The molecule has 0 radical (unpaired) electrons. The molecule has 0 atom stereocenters. The topological polar surface area (TPSA) is 0 Å². The summed E-state index contributed by atoms with van der Waals surface area (Å²) in [5.74, 6) is 0. The third kappa shape index (κ3) is 1.52. The van der Waals surface area contributed by atoms with Crippen LogP contribution < -0.4 is 0 Å². The predicted molar refractivity (Wildman–Crippen MR) is 70.4 cm³/mol. The Balaban J connectivity index is 2.02. The predicted octanol–water partition coefficient (Wildman–Crippen LogP) is 6.27. The second-order valence-corrected chi connectivity index (χ2v) is 24.8. The van der Waals surface area contributed by atoms with E-state index in [9.17, 15) is 0 Å². The Morgan fingerprint density at radius 2 is 0.562 bits per heavy atom. The second kappa shape index (κ2) is 3.61. The van der Waals surface area contributed by atoms with Gasteiger partial charge in [0, 0.05) is 0 Å². The maximum absolute atomic E-state index is 2.41. The van der Waals surface area contributed by atoms with Crippen LogP contribution in [-0.4, -0.2) is 0 Å². The van der Waals surface area contributed by atoms with E-state index >= 15 is 0 Å². The summed E-state index contributed by atoms with van der Waals surface area (Å²) in [6.07, 6.45) is 14.5.